The Bertz CT molecular complexity index is 749. The fourth-order valence-corrected chi connectivity index (χ4v) is 3.27. The van der Waals surface area contributed by atoms with Crippen LogP contribution in [-0.4, -0.2) is 20.0 Å². The number of aromatic nitrogens is 1. The first-order valence-corrected chi connectivity index (χ1v) is 8.61. The van der Waals surface area contributed by atoms with Gasteiger partial charge in [0, 0.05) is 24.0 Å². The van der Waals surface area contributed by atoms with Crippen molar-refractivity contribution in [1.82, 2.24) is 9.71 Å². The summed E-state index contributed by atoms with van der Waals surface area (Å²) in [5.41, 5.74) is 1.58. The number of ether oxygens (including phenoxy) is 1. The molecule has 0 unspecified atom stereocenters. The number of benzene rings is 1. The number of sulfonamides is 1. The van der Waals surface area contributed by atoms with Gasteiger partial charge >= 0.3 is 0 Å². The Balaban J connectivity index is 2.30. The number of rotatable bonds is 6. The van der Waals surface area contributed by atoms with E-state index in [2.05, 4.69) is 9.71 Å². The van der Waals surface area contributed by atoms with Crippen LogP contribution in [-0.2, 0) is 16.6 Å². The zero-order chi connectivity index (χ0) is 16.2. The molecule has 0 aliphatic rings. The predicted molar refractivity (Wildman–Crippen MR) is 85.6 cm³/mol. The molecule has 0 radical (unpaired) electrons. The molecule has 1 aromatic heterocycles. The molecule has 5 nitrogen and oxygen atoms in total. The molecule has 0 saturated heterocycles. The van der Waals surface area contributed by atoms with Gasteiger partial charge in [-0.2, -0.15) is 0 Å². The zero-order valence-corrected chi connectivity index (χ0v) is 13.9. The highest BCUT2D eigenvalue weighted by Crippen LogP contribution is 2.30. The Morgan fingerprint density at radius 1 is 1.27 bits per heavy atom. The second-order valence-corrected chi connectivity index (χ2v) is 6.80. The third-order valence-corrected chi connectivity index (χ3v) is 4.86. The van der Waals surface area contributed by atoms with Crippen molar-refractivity contribution in [3.05, 3.63) is 52.8 Å². The number of hydrogen-bond donors (Lipinski definition) is 1. The minimum Gasteiger partial charge on any atom is -0.492 e. The summed E-state index contributed by atoms with van der Waals surface area (Å²) in [6.45, 7) is 4.13. The first kappa shape index (κ1) is 16.7. The molecular formula is C15H17ClN2O3S. The number of aryl methyl sites for hydroxylation is 1. The molecular weight excluding hydrogens is 324 g/mol. The number of nitrogens with zero attached hydrogens (tertiary/aromatic N) is 1. The first-order valence-electron chi connectivity index (χ1n) is 6.75. The Kier molecular flexibility index (Phi) is 5.39. The second-order valence-electron chi connectivity index (χ2n) is 4.66. The fourth-order valence-electron chi connectivity index (χ4n) is 1.87. The molecule has 22 heavy (non-hydrogen) atoms. The van der Waals surface area contributed by atoms with Crippen LogP contribution < -0.4 is 9.46 Å². The van der Waals surface area contributed by atoms with Gasteiger partial charge < -0.3 is 4.74 Å². The molecule has 118 valence electrons. The summed E-state index contributed by atoms with van der Waals surface area (Å²) >= 11 is 6.05. The lowest BCUT2D eigenvalue weighted by molar-refractivity contribution is 0.330. The van der Waals surface area contributed by atoms with Crippen molar-refractivity contribution in [1.29, 1.82) is 0 Å². The van der Waals surface area contributed by atoms with E-state index in [1.807, 2.05) is 0 Å². The Morgan fingerprint density at radius 2 is 1.95 bits per heavy atom. The van der Waals surface area contributed by atoms with Gasteiger partial charge in [0.25, 0.3) is 0 Å². The highest BCUT2D eigenvalue weighted by molar-refractivity contribution is 7.89. The van der Waals surface area contributed by atoms with Crippen LogP contribution in [0.25, 0.3) is 0 Å². The van der Waals surface area contributed by atoms with E-state index < -0.39 is 10.0 Å². The summed E-state index contributed by atoms with van der Waals surface area (Å²) in [6.07, 6.45) is 3.22. The lowest BCUT2D eigenvalue weighted by Crippen LogP contribution is -2.24. The highest BCUT2D eigenvalue weighted by Gasteiger charge is 2.21. The van der Waals surface area contributed by atoms with Gasteiger partial charge in [-0.3, -0.25) is 4.98 Å². The maximum absolute atomic E-state index is 12.5. The molecule has 0 aliphatic heterocycles. The van der Waals surface area contributed by atoms with E-state index in [9.17, 15) is 8.42 Å². The average molecular weight is 341 g/mol. The van der Waals surface area contributed by atoms with Crippen molar-refractivity contribution < 1.29 is 13.2 Å². The van der Waals surface area contributed by atoms with Crippen molar-refractivity contribution in [2.75, 3.05) is 6.61 Å². The molecule has 0 saturated carbocycles. The predicted octanol–water partition coefficient (Wildman–Crippen LogP) is 2.92. The average Bonchev–Trinajstić information content (AvgIpc) is 2.50. The number of pyridine rings is 1. The molecule has 1 N–H and O–H groups in total. The van der Waals surface area contributed by atoms with E-state index >= 15 is 0 Å². The summed E-state index contributed by atoms with van der Waals surface area (Å²) in [5.74, 6) is 0.298. The van der Waals surface area contributed by atoms with E-state index in [1.165, 1.54) is 6.07 Å². The van der Waals surface area contributed by atoms with Crippen LogP contribution >= 0.6 is 11.6 Å². The lowest BCUT2D eigenvalue weighted by Gasteiger charge is -2.13. The molecule has 0 fully saturated rings. The van der Waals surface area contributed by atoms with Gasteiger partial charge in [-0.25, -0.2) is 13.1 Å². The third-order valence-electron chi connectivity index (χ3n) is 3.03. The Labute approximate surface area is 135 Å². The monoisotopic (exact) mass is 340 g/mol. The molecule has 2 rings (SSSR count). The van der Waals surface area contributed by atoms with Gasteiger partial charge in [0.2, 0.25) is 10.0 Å². The van der Waals surface area contributed by atoms with Crippen LogP contribution in [0.2, 0.25) is 5.02 Å². The smallest absolute Gasteiger partial charge is 0.244 e. The molecule has 0 amide bonds. The van der Waals surface area contributed by atoms with Crippen molar-refractivity contribution in [3.8, 4) is 5.75 Å². The maximum Gasteiger partial charge on any atom is 0.244 e. The van der Waals surface area contributed by atoms with Crippen LogP contribution in [0.5, 0.6) is 5.75 Å². The van der Waals surface area contributed by atoms with Gasteiger partial charge in [-0.15, -0.1) is 0 Å². The molecule has 0 atom stereocenters. The molecule has 7 heteroatoms. The van der Waals surface area contributed by atoms with E-state index in [-0.39, 0.29) is 11.4 Å². The standard InChI is InChI=1S/C15H17ClN2O3S/c1-3-21-14-8-11(2)13(16)9-15(14)22(19,20)18-10-12-4-6-17-7-5-12/h4-9,18H,3,10H2,1-2H3. The quantitative estimate of drug-likeness (QED) is 0.877. The molecule has 0 bridgehead atoms. The minimum absolute atomic E-state index is 0.0407. The summed E-state index contributed by atoms with van der Waals surface area (Å²) in [4.78, 5) is 3.93. The lowest BCUT2D eigenvalue weighted by atomic mass is 10.2. The fraction of sp³-hybridized carbons (Fsp3) is 0.267. The van der Waals surface area contributed by atoms with Gasteiger partial charge in [-0.05, 0) is 49.2 Å². The van der Waals surface area contributed by atoms with E-state index in [4.69, 9.17) is 16.3 Å². The van der Waals surface area contributed by atoms with Crippen molar-refractivity contribution in [3.63, 3.8) is 0 Å². The summed E-state index contributed by atoms with van der Waals surface area (Å²) in [6, 6.07) is 6.53. The summed E-state index contributed by atoms with van der Waals surface area (Å²) in [7, 11) is -3.73. The SMILES string of the molecule is CCOc1cc(C)c(Cl)cc1S(=O)(=O)NCc1ccncc1. The minimum atomic E-state index is -3.73. The van der Waals surface area contributed by atoms with E-state index in [1.54, 1.807) is 44.4 Å². The molecule has 0 spiro atoms. The third kappa shape index (κ3) is 3.97. The Morgan fingerprint density at radius 3 is 2.59 bits per heavy atom. The molecule has 1 heterocycles. The normalized spacial score (nSPS) is 11.4. The maximum atomic E-state index is 12.5. The van der Waals surface area contributed by atoms with Crippen molar-refractivity contribution in [2.45, 2.75) is 25.3 Å². The number of hydrogen-bond acceptors (Lipinski definition) is 4. The largest absolute Gasteiger partial charge is 0.492 e. The summed E-state index contributed by atoms with van der Waals surface area (Å²) in [5, 5.41) is 0.382. The van der Waals surface area contributed by atoms with Gasteiger partial charge in [-0.1, -0.05) is 11.6 Å². The van der Waals surface area contributed by atoms with Crippen molar-refractivity contribution >= 4 is 21.6 Å². The van der Waals surface area contributed by atoms with Crippen LogP contribution in [0, 0.1) is 6.92 Å². The first-order chi connectivity index (χ1) is 10.4. The topological polar surface area (TPSA) is 68.3 Å². The molecule has 0 aliphatic carbocycles. The zero-order valence-electron chi connectivity index (χ0n) is 12.3. The summed E-state index contributed by atoms with van der Waals surface area (Å²) < 4.78 is 33.0. The van der Waals surface area contributed by atoms with Crippen LogP contribution in [0.3, 0.4) is 0 Å². The highest BCUT2D eigenvalue weighted by atomic mass is 35.5. The van der Waals surface area contributed by atoms with Gasteiger partial charge in [0.05, 0.1) is 6.61 Å². The van der Waals surface area contributed by atoms with Crippen LogP contribution in [0.15, 0.2) is 41.6 Å². The van der Waals surface area contributed by atoms with Crippen molar-refractivity contribution in [2.24, 2.45) is 0 Å². The molecule has 2 aromatic rings. The molecule has 1 aromatic carbocycles. The Hall–Kier alpha value is -1.63. The van der Waals surface area contributed by atoms with Gasteiger partial charge in [0.15, 0.2) is 0 Å². The number of halogens is 1. The van der Waals surface area contributed by atoms with Crippen LogP contribution in [0.1, 0.15) is 18.1 Å². The van der Waals surface area contributed by atoms with Gasteiger partial charge in [0.1, 0.15) is 10.6 Å². The van der Waals surface area contributed by atoms with Crippen LogP contribution in [0.4, 0.5) is 0 Å². The van der Waals surface area contributed by atoms with E-state index in [0.717, 1.165) is 11.1 Å². The second kappa shape index (κ2) is 7.09. The number of nitrogens with one attached hydrogen (secondary N) is 1. The van der Waals surface area contributed by atoms with E-state index in [0.29, 0.717) is 17.4 Å².